The Kier molecular flexibility index (Phi) is 5.40. The molecule has 0 atom stereocenters. The van der Waals surface area contributed by atoms with Crippen molar-refractivity contribution in [1.82, 2.24) is 5.43 Å². The zero-order valence-corrected chi connectivity index (χ0v) is 12.9. The Bertz CT molecular complexity index is 868. The van der Waals surface area contributed by atoms with Crippen LogP contribution >= 0.6 is 0 Å². The van der Waals surface area contributed by atoms with Crippen molar-refractivity contribution in [2.45, 2.75) is 6.18 Å². The van der Waals surface area contributed by atoms with Gasteiger partial charge in [-0.15, -0.1) is 0 Å². The lowest BCUT2D eigenvalue weighted by Crippen LogP contribution is -2.24. The van der Waals surface area contributed by atoms with Crippen LogP contribution in [0.3, 0.4) is 0 Å². The van der Waals surface area contributed by atoms with Gasteiger partial charge in [-0.3, -0.25) is 10.1 Å². The summed E-state index contributed by atoms with van der Waals surface area (Å²) in [4.78, 5) is 20.8. The van der Waals surface area contributed by atoms with Crippen molar-refractivity contribution in [3.05, 3.63) is 63.7 Å². The van der Waals surface area contributed by atoms with Gasteiger partial charge in [0.1, 0.15) is 11.5 Å². The Labute approximate surface area is 144 Å². The van der Waals surface area contributed by atoms with E-state index in [4.69, 9.17) is 10.5 Å². The van der Waals surface area contributed by atoms with Crippen molar-refractivity contribution < 1.29 is 27.6 Å². The Morgan fingerprint density at radius 1 is 1.27 bits per heavy atom. The van der Waals surface area contributed by atoms with Crippen LogP contribution in [0.5, 0.6) is 11.5 Å². The number of hydrazone groups is 1. The number of rotatable bonds is 5. The largest absolute Gasteiger partial charge is 0.457 e. The third-order valence-corrected chi connectivity index (χ3v) is 2.97. The third-order valence-electron chi connectivity index (χ3n) is 2.97. The lowest BCUT2D eigenvalue weighted by Gasteiger charge is -2.11. The van der Waals surface area contributed by atoms with Gasteiger partial charge in [-0.2, -0.15) is 18.3 Å². The quantitative estimate of drug-likeness (QED) is 0.477. The number of carbonyl (C=O) groups excluding carboxylic acids is 1. The summed E-state index contributed by atoms with van der Waals surface area (Å²) in [5.74, 6) is -0.142. The summed E-state index contributed by atoms with van der Waals surface area (Å²) in [6.07, 6.45) is -3.54. The number of nitrogens with one attached hydrogen (secondary N) is 1. The number of nitro groups is 1. The van der Waals surface area contributed by atoms with Gasteiger partial charge in [-0.1, -0.05) is 6.07 Å². The molecule has 2 rings (SSSR count). The van der Waals surface area contributed by atoms with Crippen LogP contribution in [-0.2, 0) is 6.18 Å². The van der Waals surface area contributed by atoms with E-state index in [-0.39, 0.29) is 22.7 Å². The number of non-ortho nitro benzene ring substituents is 1. The lowest BCUT2D eigenvalue weighted by atomic mass is 10.2. The minimum atomic E-state index is -4.55. The number of ether oxygens (including phenoxy) is 1. The van der Waals surface area contributed by atoms with E-state index in [1.807, 2.05) is 5.43 Å². The van der Waals surface area contributed by atoms with Crippen molar-refractivity contribution >= 4 is 17.9 Å². The maximum Gasteiger partial charge on any atom is 0.416 e. The first-order chi connectivity index (χ1) is 12.2. The standard InChI is InChI=1S/C15H11F3N4O4/c16-15(17,18)10-2-1-3-12(7-10)26-13-5-4-11(22(24)25)6-9(13)8-20-21-14(19)23/h1-8H,(H3,19,21,23). The van der Waals surface area contributed by atoms with E-state index in [1.54, 1.807) is 0 Å². The summed E-state index contributed by atoms with van der Waals surface area (Å²) >= 11 is 0. The minimum absolute atomic E-state index is 0.00931. The molecule has 2 aromatic carbocycles. The fourth-order valence-electron chi connectivity index (χ4n) is 1.87. The van der Waals surface area contributed by atoms with Crippen molar-refractivity contribution in [3.63, 3.8) is 0 Å². The first kappa shape index (κ1) is 18.7. The summed E-state index contributed by atoms with van der Waals surface area (Å²) < 4.78 is 43.7. The molecule has 11 heteroatoms. The van der Waals surface area contributed by atoms with Gasteiger partial charge in [0.05, 0.1) is 16.7 Å². The Hall–Kier alpha value is -3.63. The Balaban J connectivity index is 2.37. The number of nitro benzene ring substituents is 1. The fourth-order valence-corrected chi connectivity index (χ4v) is 1.87. The summed E-state index contributed by atoms with van der Waals surface area (Å²) in [6, 6.07) is 6.53. The number of hydrogen-bond donors (Lipinski definition) is 2. The zero-order chi connectivity index (χ0) is 19.3. The molecule has 0 spiro atoms. The molecule has 0 heterocycles. The highest BCUT2D eigenvalue weighted by atomic mass is 19.4. The van der Waals surface area contributed by atoms with Gasteiger partial charge in [-0.25, -0.2) is 10.2 Å². The van der Waals surface area contributed by atoms with Gasteiger partial charge in [-0.05, 0) is 24.3 Å². The van der Waals surface area contributed by atoms with E-state index in [0.717, 1.165) is 36.5 Å². The van der Waals surface area contributed by atoms with Crippen LogP contribution < -0.4 is 15.9 Å². The number of halogens is 3. The van der Waals surface area contributed by atoms with Crippen molar-refractivity contribution in [2.75, 3.05) is 0 Å². The van der Waals surface area contributed by atoms with Crippen molar-refractivity contribution in [1.29, 1.82) is 0 Å². The van der Waals surface area contributed by atoms with Crippen LogP contribution in [0, 0.1) is 10.1 Å². The van der Waals surface area contributed by atoms with E-state index in [2.05, 4.69) is 5.10 Å². The number of hydrogen-bond acceptors (Lipinski definition) is 5. The molecule has 2 aromatic rings. The number of urea groups is 1. The summed E-state index contributed by atoms with van der Waals surface area (Å²) in [7, 11) is 0. The van der Waals surface area contributed by atoms with Gasteiger partial charge >= 0.3 is 12.2 Å². The molecule has 26 heavy (non-hydrogen) atoms. The van der Waals surface area contributed by atoms with Crippen molar-refractivity contribution in [3.8, 4) is 11.5 Å². The molecule has 0 saturated heterocycles. The van der Waals surface area contributed by atoms with Gasteiger partial charge in [0.25, 0.3) is 5.69 Å². The topological polar surface area (TPSA) is 120 Å². The number of primary amides is 1. The molecule has 2 amide bonds. The normalized spacial score (nSPS) is 11.3. The number of benzene rings is 2. The minimum Gasteiger partial charge on any atom is -0.457 e. The van der Waals surface area contributed by atoms with Crippen LogP contribution in [-0.4, -0.2) is 17.2 Å². The number of alkyl halides is 3. The highest BCUT2D eigenvalue weighted by Crippen LogP contribution is 2.33. The second kappa shape index (κ2) is 7.51. The van der Waals surface area contributed by atoms with Crippen LogP contribution in [0.4, 0.5) is 23.7 Å². The number of nitrogens with zero attached hydrogens (tertiary/aromatic N) is 2. The molecule has 0 aliphatic carbocycles. The first-order valence-electron chi connectivity index (χ1n) is 6.89. The second-order valence-electron chi connectivity index (χ2n) is 4.84. The molecule has 0 saturated carbocycles. The molecule has 3 N–H and O–H groups in total. The highest BCUT2D eigenvalue weighted by molar-refractivity contribution is 5.86. The molecule has 0 aliphatic rings. The van der Waals surface area contributed by atoms with E-state index in [1.165, 1.54) is 12.1 Å². The monoisotopic (exact) mass is 368 g/mol. The second-order valence-corrected chi connectivity index (χ2v) is 4.84. The van der Waals surface area contributed by atoms with E-state index >= 15 is 0 Å². The highest BCUT2D eigenvalue weighted by Gasteiger charge is 2.30. The predicted octanol–water partition coefficient (Wildman–Crippen LogP) is 3.41. The van der Waals surface area contributed by atoms with Crippen LogP contribution in [0.15, 0.2) is 47.6 Å². The summed E-state index contributed by atoms with van der Waals surface area (Å²) in [5, 5.41) is 14.3. The molecule has 0 radical (unpaired) electrons. The van der Waals surface area contributed by atoms with Gasteiger partial charge in [0.15, 0.2) is 0 Å². The molecule has 0 unspecified atom stereocenters. The van der Waals surface area contributed by atoms with Crippen molar-refractivity contribution in [2.24, 2.45) is 10.8 Å². The van der Waals surface area contributed by atoms with Crippen LogP contribution in [0.1, 0.15) is 11.1 Å². The lowest BCUT2D eigenvalue weighted by molar-refractivity contribution is -0.384. The zero-order valence-electron chi connectivity index (χ0n) is 12.9. The first-order valence-corrected chi connectivity index (χ1v) is 6.89. The maximum absolute atomic E-state index is 12.8. The Morgan fingerprint density at radius 2 is 2.00 bits per heavy atom. The molecule has 136 valence electrons. The number of carbonyl (C=O) groups is 1. The predicted molar refractivity (Wildman–Crippen MR) is 84.9 cm³/mol. The Morgan fingerprint density at radius 3 is 2.62 bits per heavy atom. The smallest absolute Gasteiger partial charge is 0.416 e. The maximum atomic E-state index is 12.8. The average molecular weight is 368 g/mol. The molecule has 0 aliphatic heterocycles. The molecule has 8 nitrogen and oxygen atoms in total. The van der Waals surface area contributed by atoms with E-state index in [9.17, 15) is 28.1 Å². The van der Waals surface area contributed by atoms with E-state index in [0.29, 0.717) is 0 Å². The number of nitrogens with two attached hydrogens (primary N) is 1. The molecule has 0 aromatic heterocycles. The summed E-state index contributed by atoms with van der Waals surface area (Å²) in [6.45, 7) is 0. The molecular weight excluding hydrogens is 357 g/mol. The SMILES string of the molecule is NC(=O)NN=Cc1cc([N+](=O)[O-])ccc1Oc1cccc(C(F)(F)F)c1. The third kappa shape index (κ3) is 4.93. The van der Waals surface area contributed by atoms with Gasteiger partial charge in [0.2, 0.25) is 0 Å². The van der Waals surface area contributed by atoms with E-state index < -0.39 is 22.7 Å². The van der Waals surface area contributed by atoms with Crippen LogP contribution in [0.25, 0.3) is 0 Å². The fraction of sp³-hybridized carbons (Fsp3) is 0.0667. The molecular formula is C15H11F3N4O4. The van der Waals surface area contributed by atoms with Gasteiger partial charge in [0, 0.05) is 17.7 Å². The average Bonchev–Trinajstić information content (AvgIpc) is 2.55. The molecule has 0 fully saturated rings. The summed E-state index contributed by atoms with van der Waals surface area (Å²) in [5.41, 5.74) is 5.57. The molecule has 0 bridgehead atoms. The van der Waals surface area contributed by atoms with Crippen LogP contribution in [0.2, 0.25) is 0 Å². The number of amides is 2. The van der Waals surface area contributed by atoms with Gasteiger partial charge < -0.3 is 10.5 Å².